The van der Waals surface area contributed by atoms with Gasteiger partial charge in [0.1, 0.15) is 0 Å². The molecule has 122 valence electrons. The van der Waals surface area contributed by atoms with Gasteiger partial charge < -0.3 is 9.97 Å². The van der Waals surface area contributed by atoms with E-state index in [9.17, 15) is 0 Å². The molecule has 26 heavy (non-hydrogen) atoms. The lowest BCUT2D eigenvalue weighted by molar-refractivity contribution is 1.43. The van der Waals surface area contributed by atoms with Crippen LogP contribution in [0.2, 0.25) is 0 Å². The van der Waals surface area contributed by atoms with Crippen molar-refractivity contribution in [3.05, 3.63) is 84.4 Å². The zero-order valence-corrected chi connectivity index (χ0v) is 14.0. The van der Waals surface area contributed by atoms with Crippen LogP contribution in [0.4, 0.5) is 0 Å². The van der Waals surface area contributed by atoms with Crippen LogP contribution in [-0.4, -0.2) is 9.97 Å². The number of benzene rings is 3. The van der Waals surface area contributed by atoms with Crippen LogP contribution < -0.4 is 0 Å². The number of aromatic nitrogens is 2. The van der Waals surface area contributed by atoms with E-state index in [1.807, 2.05) is 24.3 Å². The van der Waals surface area contributed by atoms with E-state index in [0.29, 0.717) is 5.56 Å². The molecule has 5 aromatic rings. The average Bonchev–Trinajstić information content (AvgIpc) is 3.31. The maximum absolute atomic E-state index is 9.05. The normalized spacial score (nSPS) is 11.0. The van der Waals surface area contributed by atoms with Crippen molar-refractivity contribution in [2.24, 2.45) is 0 Å². The third-order valence-corrected chi connectivity index (χ3v) is 4.79. The topological polar surface area (TPSA) is 55.4 Å². The smallest absolute Gasteiger partial charge is 0.0992 e. The second-order valence-electron chi connectivity index (χ2n) is 6.44. The molecule has 0 amide bonds. The summed E-state index contributed by atoms with van der Waals surface area (Å²) in [6, 6.07) is 29.0. The van der Waals surface area contributed by atoms with E-state index in [2.05, 4.69) is 70.6 Å². The molecule has 0 saturated heterocycles. The highest BCUT2D eigenvalue weighted by molar-refractivity contribution is 5.88. The Morgan fingerprint density at radius 3 is 1.88 bits per heavy atom. The molecule has 3 nitrogen and oxygen atoms in total. The number of rotatable bonds is 2. The molecule has 3 aromatic carbocycles. The van der Waals surface area contributed by atoms with Crippen molar-refractivity contribution in [1.29, 1.82) is 5.26 Å². The molecule has 2 N–H and O–H groups in total. The minimum absolute atomic E-state index is 0.667. The van der Waals surface area contributed by atoms with Crippen LogP contribution in [0.5, 0.6) is 0 Å². The number of nitrogens with zero attached hydrogens (tertiary/aromatic N) is 1. The Hall–Kier alpha value is -3.77. The van der Waals surface area contributed by atoms with Gasteiger partial charge in [0.25, 0.3) is 0 Å². The van der Waals surface area contributed by atoms with Crippen molar-refractivity contribution in [3.8, 4) is 28.6 Å². The first-order chi connectivity index (χ1) is 12.8. The predicted molar refractivity (Wildman–Crippen MR) is 106 cm³/mol. The highest BCUT2D eigenvalue weighted by atomic mass is 14.7. The maximum atomic E-state index is 9.05. The number of aromatic amines is 2. The minimum atomic E-state index is 0.667. The van der Waals surface area contributed by atoms with Crippen LogP contribution in [0.1, 0.15) is 5.56 Å². The van der Waals surface area contributed by atoms with E-state index in [0.717, 1.165) is 38.9 Å². The predicted octanol–water partition coefficient (Wildman–Crippen LogP) is 5.85. The van der Waals surface area contributed by atoms with Crippen LogP contribution in [0.25, 0.3) is 44.3 Å². The summed E-state index contributed by atoms with van der Waals surface area (Å²) in [6.45, 7) is 0. The molecular formula is C23H15N3. The van der Waals surface area contributed by atoms with Gasteiger partial charge >= 0.3 is 0 Å². The molecule has 0 fully saturated rings. The zero-order chi connectivity index (χ0) is 17.5. The summed E-state index contributed by atoms with van der Waals surface area (Å²) >= 11 is 0. The van der Waals surface area contributed by atoms with Crippen LogP contribution in [0.15, 0.2) is 78.9 Å². The monoisotopic (exact) mass is 333 g/mol. The highest BCUT2D eigenvalue weighted by Gasteiger charge is 2.06. The SMILES string of the molecule is N#Cc1ccc2cc(-c3ccc(-c4cc5ccccc5[nH]4)cc3)[nH]c2c1. The van der Waals surface area contributed by atoms with E-state index >= 15 is 0 Å². The van der Waals surface area contributed by atoms with Crippen LogP contribution >= 0.6 is 0 Å². The van der Waals surface area contributed by atoms with Gasteiger partial charge in [-0.1, -0.05) is 48.5 Å². The lowest BCUT2D eigenvalue weighted by Gasteiger charge is -2.01. The molecule has 0 bridgehead atoms. The van der Waals surface area contributed by atoms with Crippen LogP contribution in [-0.2, 0) is 0 Å². The Morgan fingerprint density at radius 2 is 1.23 bits per heavy atom. The number of fused-ring (bicyclic) bond motifs is 2. The number of para-hydroxylation sites is 1. The Balaban J connectivity index is 1.52. The third kappa shape index (κ3) is 2.37. The summed E-state index contributed by atoms with van der Waals surface area (Å²) < 4.78 is 0. The van der Waals surface area contributed by atoms with E-state index in [-0.39, 0.29) is 0 Å². The first kappa shape index (κ1) is 14.6. The van der Waals surface area contributed by atoms with Crippen LogP contribution in [0.3, 0.4) is 0 Å². The van der Waals surface area contributed by atoms with Crippen molar-refractivity contribution in [1.82, 2.24) is 9.97 Å². The molecule has 5 rings (SSSR count). The molecular weight excluding hydrogens is 318 g/mol. The van der Waals surface area contributed by atoms with Gasteiger partial charge in [-0.3, -0.25) is 0 Å². The van der Waals surface area contributed by atoms with Gasteiger partial charge in [0.05, 0.1) is 11.6 Å². The Bertz CT molecular complexity index is 1250. The summed E-state index contributed by atoms with van der Waals surface area (Å²) in [7, 11) is 0. The first-order valence-electron chi connectivity index (χ1n) is 8.52. The van der Waals surface area contributed by atoms with Crippen molar-refractivity contribution in [3.63, 3.8) is 0 Å². The van der Waals surface area contributed by atoms with E-state index in [4.69, 9.17) is 5.26 Å². The van der Waals surface area contributed by atoms with Gasteiger partial charge in [-0.05, 0) is 41.5 Å². The van der Waals surface area contributed by atoms with E-state index in [1.165, 1.54) is 5.39 Å². The zero-order valence-electron chi connectivity index (χ0n) is 14.0. The van der Waals surface area contributed by atoms with Crippen molar-refractivity contribution in [2.75, 3.05) is 0 Å². The average molecular weight is 333 g/mol. The summed E-state index contributed by atoms with van der Waals surface area (Å²) in [5, 5.41) is 11.4. The van der Waals surface area contributed by atoms with Gasteiger partial charge in [-0.25, -0.2) is 0 Å². The van der Waals surface area contributed by atoms with E-state index < -0.39 is 0 Å². The molecule has 0 radical (unpaired) electrons. The second-order valence-corrected chi connectivity index (χ2v) is 6.44. The number of nitrogens with one attached hydrogen (secondary N) is 2. The summed E-state index contributed by atoms with van der Waals surface area (Å²) in [5.41, 5.74) is 7.26. The highest BCUT2D eigenvalue weighted by Crippen LogP contribution is 2.28. The fourth-order valence-corrected chi connectivity index (χ4v) is 3.41. The largest absolute Gasteiger partial charge is 0.355 e. The quantitative estimate of drug-likeness (QED) is 0.418. The second kappa shape index (κ2) is 5.65. The van der Waals surface area contributed by atoms with Gasteiger partial charge in [-0.15, -0.1) is 0 Å². The number of hydrogen-bond acceptors (Lipinski definition) is 1. The molecule has 0 aliphatic rings. The maximum Gasteiger partial charge on any atom is 0.0992 e. The minimum Gasteiger partial charge on any atom is -0.355 e. The molecule has 0 spiro atoms. The molecule has 2 heterocycles. The first-order valence-corrected chi connectivity index (χ1v) is 8.52. The van der Waals surface area contributed by atoms with Crippen molar-refractivity contribution < 1.29 is 0 Å². The van der Waals surface area contributed by atoms with Crippen molar-refractivity contribution >= 4 is 21.8 Å². The molecule has 0 aliphatic carbocycles. The molecule has 3 heteroatoms. The lowest BCUT2D eigenvalue weighted by Crippen LogP contribution is -1.80. The third-order valence-electron chi connectivity index (χ3n) is 4.79. The van der Waals surface area contributed by atoms with Gasteiger partial charge in [0.2, 0.25) is 0 Å². The summed E-state index contributed by atoms with van der Waals surface area (Å²) in [4.78, 5) is 6.88. The summed E-state index contributed by atoms with van der Waals surface area (Å²) in [5.74, 6) is 0. The number of hydrogen-bond donors (Lipinski definition) is 2. The molecule has 0 atom stereocenters. The van der Waals surface area contributed by atoms with Gasteiger partial charge in [-0.2, -0.15) is 5.26 Å². The molecule has 0 unspecified atom stereocenters. The lowest BCUT2D eigenvalue weighted by atomic mass is 10.1. The fourth-order valence-electron chi connectivity index (χ4n) is 3.41. The Kier molecular flexibility index (Phi) is 3.16. The fraction of sp³-hybridized carbons (Fsp3) is 0. The Labute approximate surface area is 150 Å². The van der Waals surface area contributed by atoms with Crippen molar-refractivity contribution in [2.45, 2.75) is 0 Å². The summed E-state index contributed by atoms with van der Waals surface area (Å²) in [6.07, 6.45) is 0. The molecule has 0 aliphatic heterocycles. The standard InChI is InChI=1S/C23H15N3/c24-14-15-5-6-19-13-23(26-21(19)11-15)17-9-7-16(8-10-17)22-12-18-3-1-2-4-20(18)25-22/h1-13,25-26H. The van der Waals surface area contributed by atoms with E-state index in [1.54, 1.807) is 0 Å². The van der Waals surface area contributed by atoms with Gasteiger partial charge in [0.15, 0.2) is 0 Å². The van der Waals surface area contributed by atoms with Crippen LogP contribution in [0, 0.1) is 11.3 Å². The molecule has 2 aromatic heterocycles. The Morgan fingerprint density at radius 1 is 0.615 bits per heavy atom. The number of H-pyrrole nitrogens is 2. The van der Waals surface area contributed by atoms with Gasteiger partial charge in [0, 0.05) is 33.2 Å². The number of nitriles is 1. The molecule has 0 saturated carbocycles.